The number of nitrogens with one attached hydrogen (secondary N) is 1. The number of carbonyl (C=O) groups excluding carboxylic acids is 1. The van der Waals surface area contributed by atoms with Gasteiger partial charge in [0.2, 0.25) is 5.76 Å². The Morgan fingerprint density at radius 3 is 2.68 bits per heavy atom. The van der Waals surface area contributed by atoms with Crippen molar-refractivity contribution in [1.29, 1.82) is 0 Å². The number of rotatable bonds is 5. The Morgan fingerprint density at radius 1 is 1.15 bits per heavy atom. The number of hydrogen-bond acceptors (Lipinski definition) is 7. The fourth-order valence-corrected chi connectivity index (χ4v) is 4.79. The zero-order chi connectivity index (χ0) is 24.1. The van der Waals surface area contributed by atoms with Crippen LogP contribution in [0.25, 0.3) is 27.5 Å². The van der Waals surface area contributed by atoms with Crippen LogP contribution in [0.1, 0.15) is 32.4 Å². The minimum atomic E-state index is -1.33. The van der Waals surface area contributed by atoms with Crippen molar-refractivity contribution in [2.45, 2.75) is 13.5 Å². The molecule has 172 valence electrons. The normalized spacial score (nSPS) is 11.4. The van der Waals surface area contributed by atoms with Crippen LogP contribution in [0.2, 0.25) is 0 Å². The molecule has 0 aliphatic rings. The Bertz CT molecular complexity index is 1730. The van der Waals surface area contributed by atoms with Crippen LogP contribution < -0.4 is 11.2 Å². The summed E-state index contributed by atoms with van der Waals surface area (Å²) in [5.41, 5.74) is 0.0164. The van der Waals surface area contributed by atoms with Crippen molar-refractivity contribution in [3.8, 4) is 5.69 Å². The highest BCUT2D eigenvalue weighted by Crippen LogP contribution is 2.31. The number of H-pyrrole nitrogens is 1. The third kappa shape index (κ3) is 3.25. The Kier molecular flexibility index (Phi) is 4.98. The van der Waals surface area contributed by atoms with E-state index in [0.717, 1.165) is 10.1 Å². The van der Waals surface area contributed by atoms with Gasteiger partial charge < -0.3 is 23.8 Å². The summed E-state index contributed by atoms with van der Waals surface area (Å²) in [5.74, 6) is -1.74. The second-order valence-electron chi connectivity index (χ2n) is 7.64. The minimum absolute atomic E-state index is 0.0301. The largest absolute Gasteiger partial charge is 0.477 e. The summed E-state index contributed by atoms with van der Waals surface area (Å²) in [5, 5.41) is 14.1. The maximum atomic E-state index is 13.3. The van der Waals surface area contributed by atoms with Gasteiger partial charge in [0.05, 0.1) is 35.8 Å². The lowest BCUT2D eigenvalue weighted by atomic mass is 10.1. The van der Waals surface area contributed by atoms with Crippen molar-refractivity contribution in [3.05, 3.63) is 84.7 Å². The number of methoxy groups -OCH3 is 1. The summed E-state index contributed by atoms with van der Waals surface area (Å²) >= 11 is 1.25. The Hall–Kier alpha value is -4.38. The molecule has 0 bridgehead atoms. The molecule has 1 aromatic carbocycles. The standard InChI is InChI=1S/C23H17N3O7S/c1-11-3-5-16-13(7-11)18(26-20(27)14-9-34-10-15(14)24-23(26)31)19(21(28)29)25(16)8-12-4-6-17(33-12)22(30)32-2/h3-7,9-10H,8H2,1-2H3,(H,24,31)(H,28,29). The number of furan rings is 1. The van der Waals surface area contributed by atoms with Gasteiger partial charge in [0.15, 0.2) is 5.69 Å². The lowest BCUT2D eigenvalue weighted by Crippen LogP contribution is -2.34. The zero-order valence-corrected chi connectivity index (χ0v) is 18.8. The third-order valence-corrected chi connectivity index (χ3v) is 6.26. The van der Waals surface area contributed by atoms with Gasteiger partial charge in [-0.3, -0.25) is 4.79 Å². The van der Waals surface area contributed by atoms with Crippen molar-refractivity contribution in [3.63, 3.8) is 0 Å². The topological polar surface area (TPSA) is 137 Å². The van der Waals surface area contributed by atoms with E-state index in [1.165, 1.54) is 35.1 Å². The average Bonchev–Trinajstić information content (AvgIpc) is 3.52. The summed E-state index contributed by atoms with van der Waals surface area (Å²) in [6, 6.07) is 8.20. The molecule has 0 saturated heterocycles. The first kappa shape index (κ1) is 21.5. The SMILES string of the molecule is COC(=O)c1ccc(Cn2c(C(=O)O)c(-n3c(=O)[nH]c4cscc4c3=O)c3cc(C)ccc32)o1. The van der Waals surface area contributed by atoms with Crippen LogP contribution >= 0.6 is 11.3 Å². The molecule has 4 heterocycles. The van der Waals surface area contributed by atoms with Crippen molar-refractivity contribution < 1.29 is 23.8 Å². The van der Waals surface area contributed by atoms with Crippen LogP contribution in [0, 0.1) is 6.92 Å². The van der Waals surface area contributed by atoms with E-state index in [0.29, 0.717) is 22.2 Å². The number of thiophene rings is 1. The summed E-state index contributed by atoms with van der Waals surface area (Å²) in [4.78, 5) is 53.2. The van der Waals surface area contributed by atoms with Gasteiger partial charge in [0.1, 0.15) is 5.76 Å². The quantitative estimate of drug-likeness (QED) is 0.370. The summed E-state index contributed by atoms with van der Waals surface area (Å²) in [7, 11) is 1.22. The average molecular weight is 479 g/mol. The van der Waals surface area contributed by atoms with E-state index in [-0.39, 0.29) is 29.1 Å². The lowest BCUT2D eigenvalue weighted by molar-refractivity contribution is 0.0561. The first-order chi connectivity index (χ1) is 16.3. The molecule has 0 amide bonds. The van der Waals surface area contributed by atoms with E-state index < -0.39 is 23.2 Å². The summed E-state index contributed by atoms with van der Waals surface area (Å²) in [6.07, 6.45) is 0. The van der Waals surface area contributed by atoms with Crippen LogP contribution in [-0.4, -0.2) is 38.3 Å². The van der Waals surface area contributed by atoms with Crippen molar-refractivity contribution in [2.24, 2.45) is 0 Å². The molecule has 10 nitrogen and oxygen atoms in total. The molecule has 5 aromatic rings. The molecule has 2 N–H and O–H groups in total. The molecule has 4 aromatic heterocycles. The smallest absolute Gasteiger partial charge is 0.373 e. The molecule has 0 atom stereocenters. The monoisotopic (exact) mass is 479 g/mol. The molecule has 0 unspecified atom stereocenters. The molecule has 0 aliphatic heterocycles. The molecule has 0 fully saturated rings. The van der Waals surface area contributed by atoms with Crippen molar-refractivity contribution in [2.75, 3.05) is 7.11 Å². The van der Waals surface area contributed by atoms with E-state index in [9.17, 15) is 24.3 Å². The molecule has 34 heavy (non-hydrogen) atoms. The predicted octanol–water partition coefficient (Wildman–Crippen LogP) is 3.13. The number of hydrogen-bond donors (Lipinski definition) is 2. The first-order valence-corrected chi connectivity index (χ1v) is 11.0. The summed E-state index contributed by atoms with van der Waals surface area (Å²) < 4.78 is 12.5. The number of fused-ring (bicyclic) bond motifs is 2. The molecule has 0 aliphatic carbocycles. The number of carboxylic acid groups (broad SMARTS) is 1. The number of carbonyl (C=O) groups is 2. The molecular weight excluding hydrogens is 462 g/mol. The van der Waals surface area contributed by atoms with Crippen LogP contribution in [-0.2, 0) is 11.3 Å². The molecule has 0 radical (unpaired) electrons. The van der Waals surface area contributed by atoms with E-state index in [2.05, 4.69) is 9.72 Å². The van der Waals surface area contributed by atoms with Crippen LogP contribution in [0.15, 0.2) is 55.1 Å². The molecule has 0 spiro atoms. The van der Waals surface area contributed by atoms with Gasteiger partial charge in [0, 0.05) is 16.1 Å². The van der Waals surface area contributed by atoms with Gasteiger partial charge in [-0.15, -0.1) is 11.3 Å². The van der Waals surface area contributed by atoms with E-state index in [4.69, 9.17) is 4.42 Å². The number of nitrogens with zero attached hydrogens (tertiary/aromatic N) is 2. The lowest BCUT2D eigenvalue weighted by Gasteiger charge is -2.08. The molecule has 0 saturated carbocycles. The summed E-state index contributed by atoms with van der Waals surface area (Å²) in [6.45, 7) is 1.76. The number of ether oxygens (including phenoxy) is 1. The van der Waals surface area contributed by atoms with Crippen molar-refractivity contribution in [1.82, 2.24) is 14.1 Å². The predicted molar refractivity (Wildman–Crippen MR) is 124 cm³/mol. The highest BCUT2D eigenvalue weighted by atomic mass is 32.1. The maximum absolute atomic E-state index is 13.3. The van der Waals surface area contributed by atoms with E-state index in [1.807, 2.05) is 6.92 Å². The van der Waals surface area contributed by atoms with Gasteiger partial charge in [-0.25, -0.2) is 19.0 Å². The first-order valence-electron chi connectivity index (χ1n) is 10.0. The van der Waals surface area contributed by atoms with Crippen LogP contribution in [0.3, 0.4) is 0 Å². The number of benzene rings is 1. The number of aromatic nitrogens is 3. The van der Waals surface area contributed by atoms with Crippen molar-refractivity contribution >= 4 is 45.1 Å². The van der Waals surface area contributed by atoms with Gasteiger partial charge >= 0.3 is 17.6 Å². The van der Waals surface area contributed by atoms with E-state index in [1.54, 1.807) is 29.0 Å². The highest BCUT2D eigenvalue weighted by Gasteiger charge is 2.27. The molecule has 5 rings (SSSR count). The highest BCUT2D eigenvalue weighted by molar-refractivity contribution is 7.09. The Balaban J connectivity index is 1.83. The Morgan fingerprint density at radius 2 is 1.94 bits per heavy atom. The van der Waals surface area contributed by atoms with Crippen LogP contribution in [0.5, 0.6) is 0 Å². The fourth-order valence-electron chi connectivity index (χ4n) is 4.03. The number of carboxylic acids is 1. The number of aromatic amines is 1. The fraction of sp³-hybridized carbons (Fsp3) is 0.130. The maximum Gasteiger partial charge on any atom is 0.373 e. The second-order valence-corrected chi connectivity index (χ2v) is 8.38. The van der Waals surface area contributed by atoms with Gasteiger partial charge in [-0.1, -0.05) is 11.6 Å². The molecular formula is C23H17N3O7S. The minimum Gasteiger partial charge on any atom is -0.477 e. The Labute approximate surface area is 194 Å². The second kappa shape index (κ2) is 7.89. The third-order valence-electron chi connectivity index (χ3n) is 5.52. The zero-order valence-electron chi connectivity index (χ0n) is 17.9. The number of aromatic carboxylic acids is 1. The van der Waals surface area contributed by atoms with Gasteiger partial charge in [-0.05, 0) is 31.2 Å². The van der Waals surface area contributed by atoms with E-state index >= 15 is 0 Å². The van der Waals surface area contributed by atoms with Gasteiger partial charge in [-0.2, -0.15) is 0 Å². The number of esters is 1. The van der Waals surface area contributed by atoms with Gasteiger partial charge in [0.25, 0.3) is 5.56 Å². The molecule has 11 heteroatoms. The number of aryl methyl sites for hydroxylation is 1. The van der Waals surface area contributed by atoms with Crippen LogP contribution in [0.4, 0.5) is 0 Å².